The number of hydrogen-bond acceptors (Lipinski definition) is 4. The van der Waals surface area contributed by atoms with Crippen LogP contribution in [0.4, 0.5) is 4.79 Å². The van der Waals surface area contributed by atoms with E-state index in [-0.39, 0.29) is 30.9 Å². The molecule has 0 saturated carbocycles. The van der Waals surface area contributed by atoms with E-state index in [4.69, 9.17) is 4.74 Å². The monoisotopic (exact) mass is 478 g/mol. The van der Waals surface area contributed by atoms with Gasteiger partial charge >= 0.3 is 12.1 Å². The van der Waals surface area contributed by atoms with Gasteiger partial charge in [0.2, 0.25) is 5.91 Å². The molecule has 35 heavy (non-hydrogen) atoms. The van der Waals surface area contributed by atoms with E-state index >= 15 is 0 Å². The first-order valence-electron chi connectivity index (χ1n) is 12.4. The molecule has 7 nitrogen and oxygen atoms in total. The smallest absolute Gasteiger partial charge is 0.407 e. The number of alkyl carbamates (subject to hydrolysis) is 1. The van der Waals surface area contributed by atoms with Gasteiger partial charge in [-0.3, -0.25) is 9.59 Å². The van der Waals surface area contributed by atoms with E-state index < -0.39 is 23.5 Å². The van der Waals surface area contributed by atoms with Crippen LogP contribution >= 0.6 is 0 Å². The molecule has 1 aliphatic heterocycles. The van der Waals surface area contributed by atoms with Crippen molar-refractivity contribution in [3.63, 3.8) is 0 Å². The van der Waals surface area contributed by atoms with Crippen molar-refractivity contribution in [1.29, 1.82) is 0 Å². The number of carbonyl (C=O) groups excluding carboxylic acids is 2. The fourth-order valence-corrected chi connectivity index (χ4v) is 5.37. The summed E-state index contributed by atoms with van der Waals surface area (Å²) in [6, 6.07) is 15.5. The highest BCUT2D eigenvalue weighted by molar-refractivity contribution is 5.87. The predicted octanol–water partition coefficient (Wildman–Crippen LogP) is 4.65. The Labute approximate surface area is 206 Å². The molecule has 1 saturated heterocycles. The molecule has 0 spiro atoms. The summed E-state index contributed by atoms with van der Waals surface area (Å²) in [5.41, 5.74) is 3.63. The van der Waals surface area contributed by atoms with Crippen LogP contribution in [-0.4, -0.2) is 53.7 Å². The number of amides is 2. The lowest BCUT2D eigenvalue weighted by Gasteiger charge is -2.27. The summed E-state index contributed by atoms with van der Waals surface area (Å²) in [6.45, 7) is 6.51. The molecule has 0 bridgehead atoms. The molecular formula is C28H34N2O5. The predicted molar refractivity (Wildman–Crippen MR) is 133 cm³/mol. The number of nitrogens with zero attached hydrogens (tertiary/aromatic N) is 1. The summed E-state index contributed by atoms with van der Waals surface area (Å²) in [6.07, 6.45) is 0.696. The maximum atomic E-state index is 13.3. The number of ether oxygens (including phenoxy) is 1. The Morgan fingerprint density at radius 2 is 1.69 bits per heavy atom. The van der Waals surface area contributed by atoms with Gasteiger partial charge in [0.1, 0.15) is 12.6 Å². The zero-order chi connectivity index (χ0) is 25.2. The molecule has 2 amide bonds. The highest BCUT2D eigenvalue weighted by atomic mass is 16.5. The molecule has 1 aliphatic carbocycles. The fraction of sp³-hybridized carbons (Fsp3) is 0.464. The molecule has 2 aromatic rings. The van der Waals surface area contributed by atoms with Crippen LogP contribution in [0.25, 0.3) is 11.1 Å². The molecule has 1 fully saturated rings. The van der Waals surface area contributed by atoms with Crippen molar-refractivity contribution in [2.45, 2.75) is 52.0 Å². The Balaban J connectivity index is 1.43. The van der Waals surface area contributed by atoms with Crippen molar-refractivity contribution in [1.82, 2.24) is 10.2 Å². The van der Waals surface area contributed by atoms with Crippen LogP contribution < -0.4 is 5.32 Å². The van der Waals surface area contributed by atoms with Gasteiger partial charge in [-0.05, 0) is 47.4 Å². The van der Waals surface area contributed by atoms with Gasteiger partial charge < -0.3 is 20.1 Å². The van der Waals surface area contributed by atoms with Gasteiger partial charge in [-0.1, -0.05) is 69.3 Å². The van der Waals surface area contributed by atoms with E-state index in [2.05, 4.69) is 29.6 Å². The van der Waals surface area contributed by atoms with Crippen molar-refractivity contribution >= 4 is 18.0 Å². The highest BCUT2D eigenvalue weighted by Crippen LogP contribution is 2.44. The van der Waals surface area contributed by atoms with Crippen LogP contribution in [-0.2, 0) is 14.3 Å². The van der Waals surface area contributed by atoms with Gasteiger partial charge in [-0.25, -0.2) is 4.79 Å². The minimum atomic E-state index is -0.915. The van der Waals surface area contributed by atoms with Gasteiger partial charge in [-0.15, -0.1) is 0 Å². The van der Waals surface area contributed by atoms with Crippen LogP contribution in [0, 0.1) is 11.3 Å². The zero-order valence-electron chi connectivity index (χ0n) is 20.6. The van der Waals surface area contributed by atoms with Crippen LogP contribution in [0.3, 0.4) is 0 Å². The molecule has 0 radical (unpaired) electrons. The number of likely N-dealkylation sites (tertiary alicyclic amines) is 1. The van der Waals surface area contributed by atoms with Gasteiger partial charge in [0.25, 0.3) is 0 Å². The number of carbonyl (C=O) groups is 3. The lowest BCUT2D eigenvalue weighted by atomic mass is 9.84. The molecule has 2 atom stereocenters. The van der Waals surface area contributed by atoms with Crippen LogP contribution in [0.1, 0.15) is 57.1 Å². The van der Waals surface area contributed by atoms with E-state index in [9.17, 15) is 19.5 Å². The van der Waals surface area contributed by atoms with Gasteiger partial charge in [0.05, 0.1) is 5.41 Å². The maximum absolute atomic E-state index is 13.3. The van der Waals surface area contributed by atoms with E-state index in [1.807, 2.05) is 45.0 Å². The Morgan fingerprint density at radius 3 is 2.20 bits per heavy atom. The number of hydrogen-bond donors (Lipinski definition) is 2. The van der Waals surface area contributed by atoms with E-state index in [1.54, 1.807) is 4.90 Å². The minimum absolute atomic E-state index is 0.0632. The number of rotatable bonds is 8. The van der Waals surface area contributed by atoms with Crippen LogP contribution in [0.5, 0.6) is 0 Å². The summed E-state index contributed by atoms with van der Waals surface area (Å²) in [4.78, 5) is 39.5. The van der Waals surface area contributed by atoms with E-state index in [0.29, 0.717) is 25.8 Å². The maximum Gasteiger partial charge on any atom is 0.407 e. The third kappa shape index (κ3) is 4.90. The second-order valence-corrected chi connectivity index (χ2v) is 10.1. The second kappa shape index (κ2) is 10.1. The van der Waals surface area contributed by atoms with Gasteiger partial charge in [-0.2, -0.15) is 0 Å². The van der Waals surface area contributed by atoms with E-state index in [1.165, 1.54) is 0 Å². The summed E-state index contributed by atoms with van der Waals surface area (Å²) in [7, 11) is 0. The molecule has 1 heterocycles. The van der Waals surface area contributed by atoms with Crippen molar-refractivity contribution in [3.05, 3.63) is 59.7 Å². The van der Waals surface area contributed by atoms with Crippen LogP contribution in [0.2, 0.25) is 0 Å². The Morgan fingerprint density at radius 1 is 1.09 bits per heavy atom. The van der Waals surface area contributed by atoms with Gasteiger partial charge in [0, 0.05) is 19.0 Å². The average Bonchev–Trinajstić information content (AvgIpc) is 3.42. The molecule has 1 unspecified atom stereocenters. The number of benzene rings is 2. The topological polar surface area (TPSA) is 95.9 Å². The Bertz CT molecular complexity index is 1070. The number of nitrogens with one attached hydrogen (secondary N) is 1. The number of carboxylic acid groups (broad SMARTS) is 1. The van der Waals surface area contributed by atoms with E-state index in [0.717, 1.165) is 22.3 Å². The third-order valence-electron chi connectivity index (χ3n) is 7.44. The first kappa shape index (κ1) is 24.8. The van der Waals surface area contributed by atoms with Crippen LogP contribution in [0.15, 0.2) is 48.5 Å². The SMILES string of the molecule is CCC1(C(=O)O)CCN(C(=O)[C@@H](CC(C)C)NC(=O)OCC2c3ccccc3-c3ccccc32)C1. The molecule has 4 rings (SSSR count). The standard InChI is InChI=1S/C28H34N2O5/c1-4-28(26(32)33)13-14-30(17-28)25(31)24(15-18(2)3)29-27(34)35-16-23-21-11-7-5-9-19(21)20-10-6-8-12-22(20)23/h5-12,18,23-24H,4,13-17H2,1-3H3,(H,29,34)(H,32,33)/t24-,28?/m1/s1. The first-order chi connectivity index (χ1) is 16.8. The molecule has 0 aromatic heterocycles. The minimum Gasteiger partial charge on any atom is -0.481 e. The normalized spacial score (nSPS) is 19.8. The molecule has 2 N–H and O–H groups in total. The lowest BCUT2D eigenvalue weighted by Crippen LogP contribution is -2.49. The summed E-state index contributed by atoms with van der Waals surface area (Å²) < 4.78 is 5.65. The molecule has 2 aromatic carbocycles. The largest absolute Gasteiger partial charge is 0.481 e. The molecular weight excluding hydrogens is 444 g/mol. The summed E-state index contributed by atoms with van der Waals surface area (Å²) >= 11 is 0. The highest BCUT2D eigenvalue weighted by Gasteiger charge is 2.46. The number of carboxylic acids is 1. The van der Waals surface area contributed by atoms with Crippen molar-refractivity contribution in [3.8, 4) is 11.1 Å². The quantitative estimate of drug-likeness (QED) is 0.576. The molecule has 186 valence electrons. The summed E-state index contributed by atoms with van der Waals surface area (Å²) in [5, 5.41) is 12.5. The number of fused-ring (bicyclic) bond motifs is 3. The zero-order valence-corrected chi connectivity index (χ0v) is 20.6. The average molecular weight is 479 g/mol. The molecule has 2 aliphatic rings. The molecule has 7 heteroatoms. The van der Waals surface area contributed by atoms with Crippen molar-refractivity contribution < 1.29 is 24.2 Å². The number of aliphatic carboxylic acids is 1. The summed E-state index contributed by atoms with van der Waals surface area (Å²) in [5.74, 6) is -1.02. The Hall–Kier alpha value is -3.35. The Kier molecular flexibility index (Phi) is 7.15. The van der Waals surface area contributed by atoms with Crippen molar-refractivity contribution in [2.24, 2.45) is 11.3 Å². The fourth-order valence-electron chi connectivity index (χ4n) is 5.37. The second-order valence-electron chi connectivity index (χ2n) is 10.1. The van der Waals surface area contributed by atoms with Crippen molar-refractivity contribution in [2.75, 3.05) is 19.7 Å². The lowest BCUT2D eigenvalue weighted by molar-refractivity contribution is -0.148. The third-order valence-corrected chi connectivity index (χ3v) is 7.44. The van der Waals surface area contributed by atoms with Gasteiger partial charge in [0.15, 0.2) is 0 Å². The first-order valence-corrected chi connectivity index (χ1v) is 12.4.